The number of fused-ring (bicyclic) bond motifs is 1. The van der Waals surface area contributed by atoms with Gasteiger partial charge in [0.15, 0.2) is 11.1 Å². The number of rotatable bonds is 3. The van der Waals surface area contributed by atoms with E-state index in [2.05, 4.69) is 20.2 Å². The van der Waals surface area contributed by atoms with Gasteiger partial charge in [0.2, 0.25) is 5.82 Å². The van der Waals surface area contributed by atoms with Crippen LogP contribution in [0.3, 0.4) is 0 Å². The van der Waals surface area contributed by atoms with Gasteiger partial charge in [0.1, 0.15) is 5.75 Å². The number of halogens is 3. The molecule has 1 N–H and O–H groups in total. The van der Waals surface area contributed by atoms with Crippen LogP contribution in [0.2, 0.25) is 0 Å². The van der Waals surface area contributed by atoms with E-state index in [4.69, 9.17) is 4.52 Å². The van der Waals surface area contributed by atoms with E-state index in [9.17, 15) is 13.2 Å². The molecule has 8 heteroatoms. The van der Waals surface area contributed by atoms with E-state index >= 15 is 0 Å². The first-order chi connectivity index (χ1) is 11.0. The maximum atomic E-state index is 12.2. The second kappa shape index (κ2) is 6.99. The van der Waals surface area contributed by atoms with Crippen LogP contribution in [0.15, 0.2) is 47.1 Å². The lowest BCUT2D eigenvalue weighted by atomic mass is 10.3. The Labute approximate surface area is 130 Å². The SMILES string of the molecule is CC.FC(F)(F)Oc1cccc(Nc2noc3cccnc23)c1. The second-order valence-electron chi connectivity index (χ2n) is 4.08. The van der Waals surface area contributed by atoms with E-state index in [0.29, 0.717) is 22.6 Å². The van der Waals surface area contributed by atoms with Crippen LogP contribution >= 0.6 is 0 Å². The number of nitrogens with zero attached hydrogens (tertiary/aromatic N) is 2. The van der Waals surface area contributed by atoms with Crippen molar-refractivity contribution >= 4 is 22.6 Å². The minimum atomic E-state index is -4.74. The maximum Gasteiger partial charge on any atom is 0.573 e. The Kier molecular flexibility index (Phi) is 5.05. The molecule has 0 aliphatic heterocycles. The first-order valence-corrected chi connectivity index (χ1v) is 6.84. The fourth-order valence-corrected chi connectivity index (χ4v) is 1.77. The molecule has 23 heavy (non-hydrogen) atoms. The molecule has 5 nitrogen and oxygen atoms in total. The zero-order valence-electron chi connectivity index (χ0n) is 12.4. The lowest BCUT2D eigenvalue weighted by molar-refractivity contribution is -0.274. The van der Waals surface area contributed by atoms with E-state index in [1.54, 1.807) is 24.4 Å². The predicted molar refractivity (Wildman–Crippen MR) is 79.6 cm³/mol. The number of aromatic nitrogens is 2. The molecule has 0 saturated carbocycles. The van der Waals surface area contributed by atoms with Crippen LogP contribution in [0.4, 0.5) is 24.7 Å². The van der Waals surface area contributed by atoms with Crippen LogP contribution in [0, 0.1) is 0 Å². The smallest absolute Gasteiger partial charge is 0.406 e. The largest absolute Gasteiger partial charge is 0.573 e. The van der Waals surface area contributed by atoms with Crippen molar-refractivity contribution < 1.29 is 22.4 Å². The van der Waals surface area contributed by atoms with Gasteiger partial charge in [-0.05, 0) is 24.3 Å². The summed E-state index contributed by atoms with van der Waals surface area (Å²) in [6.07, 6.45) is -3.17. The summed E-state index contributed by atoms with van der Waals surface area (Å²) < 4.78 is 45.4. The molecule has 0 saturated heterocycles. The van der Waals surface area contributed by atoms with E-state index < -0.39 is 6.36 Å². The minimum absolute atomic E-state index is 0.315. The molecule has 0 fully saturated rings. The summed E-state index contributed by atoms with van der Waals surface area (Å²) in [5.41, 5.74) is 1.33. The monoisotopic (exact) mass is 325 g/mol. The Bertz CT molecular complexity index is 772. The Balaban J connectivity index is 0.000000924. The molecule has 0 amide bonds. The summed E-state index contributed by atoms with van der Waals surface area (Å²) in [6.45, 7) is 4.00. The summed E-state index contributed by atoms with van der Waals surface area (Å²) in [6, 6.07) is 8.79. The van der Waals surface area contributed by atoms with Crippen molar-refractivity contribution in [1.82, 2.24) is 10.1 Å². The van der Waals surface area contributed by atoms with Crippen molar-refractivity contribution in [3.05, 3.63) is 42.6 Å². The Morgan fingerprint density at radius 1 is 1.13 bits per heavy atom. The molecule has 0 spiro atoms. The first-order valence-electron chi connectivity index (χ1n) is 6.84. The van der Waals surface area contributed by atoms with Crippen LogP contribution in [0.25, 0.3) is 11.1 Å². The molecular formula is C15H14F3N3O2. The number of hydrogen-bond donors (Lipinski definition) is 1. The van der Waals surface area contributed by atoms with E-state index in [1.165, 1.54) is 18.2 Å². The summed E-state index contributed by atoms with van der Waals surface area (Å²) in [5, 5.41) is 6.62. The predicted octanol–water partition coefficient (Wildman–Crippen LogP) is 4.89. The summed E-state index contributed by atoms with van der Waals surface area (Å²) >= 11 is 0. The van der Waals surface area contributed by atoms with Gasteiger partial charge in [-0.25, -0.2) is 4.98 Å². The molecule has 2 heterocycles. The standard InChI is InChI=1S/C13H8F3N3O2.C2H6/c14-13(15,16)20-9-4-1-3-8(7-9)18-12-11-10(21-19-12)5-2-6-17-11;1-2/h1-7H,(H,18,19);1-2H3. The van der Waals surface area contributed by atoms with Crippen molar-refractivity contribution in [2.24, 2.45) is 0 Å². The molecule has 0 aliphatic carbocycles. The average molecular weight is 325 g/mol. The maximum absolute atomic E-state index is 12.2. The quantitative estimate of drug-likeness (QED) is 0.743. The van der Waals surface area contributed by atoms with E-state index in [0.717, 1.165) is 0 Å². The third-order valence-electron chi connectivity index (χ3n) is 2.56. The van der Waals surface area contributed by atoms with Gasteiger partial charge in [0.25, 0.3) is 0 Å². The molecule has 3 rings (SSSR count). The number of benzene rings is 1. The van der Waals surface area contributed by atoms with Crippen LogP contribution in [-0.2, 0) is 0 Å². The van der Waals surface area contributed by atoms with E-state index in [-0.39, 0.29) is 5.75 Å². The number of pyridine rings is 1. The number of hydrogen-bond acceptors (Lipinski definition) is 5. The van der Waals surface area contributed by atoms with Crippen molar-refractivity contribution in [2.45, 2.75) is 20.2 Å². The molecule has 0 radical (unpaired) electrons. The third-order valence-corrected chi connectivity index (χ3v) is 2.56. The lowest BCUT2D eigenvalue weighted by Gasteiger charge is -2.10. The van der Waals surface area contributed by atoms with Crippen molar-refractivity contribution in [2.75, 3.05) is 5.32 Å². The van der Waals surface area contributed by atoms with Gasteiger partial charge in [-0.2, -0.15) is 0 Å². The minimum Gasteiger partial charge on any atom is -0.406 e. The van der Waals surface area contributed by atoms with Gasteiger partial charge < -0.3 is 14.6 Å². The van der Waals surface area contributed by atoms with Crippen LogP contribution in [0.5, 0.6) is 5.75 Å². The van der Waals surface area contributed by atoms with Gasteiger partial charge in [-0.1, -0.05) is 25.1 Å². The number of anilines is 2. The molecule has 0 bridgehead atoms. The molecule has 1 aromatic carbocycles. The fraction of sp³-hybridized carbons (Fsp3) is 0.200. The van der Waals surface area contributed by atoms with Crippen molar-refractivity contribution in [1.29, 1.82) is 0 Å². The highest BCUT2D eigenvalue weighted by Gasteiger charge is 2.31. The highest BCUT2D eigenvalue weighted by atomic mass is 19.4. The van der Waals surface area contributed by atoms with Crippen LogP contribution < -0.4 is 10.1 Å². The van der Waals surface area contributed by atoms with Gasteiger partial charge in [-0.15, -0.1) is 13.2 Å². The van der Waals surface area contributed by atoms with Crippen LogP contribution in [0.1, 0.15) is 13.8 Å². The Morgan fingerprint density at radius 2 is 1.91 bits per heavy atom. The third kappa shape index (κ3) is 4.35. The molecule has 0 unspecified atom stereocenters. The Morgan fingerprint density at radius 3 is 2.65 bits per heavy atom. The summed E-state index contributed by atoms with van der Waals surface area (Å²) in [5.74, 6) is -0.0111. The number of ether oxygens (including phenoxy) is 1. The topological polar surface area (TPSA) is 60.2 Å². The van der Waals surface area contributed by atoms with Crippen LogP contribution in [-0.4, -0.2) is 16.5 Å². The molecular weight excluding hydrogens is 311 g/mol. The molecule has 122 valence electrons. The Hall–Kier alpha value is -2.77. The van der Waals surface area contributed by atoms with Gasteiger partial charge in [0.05, 0.1) is 0 Å². The highest BCUT2D eigenvalue weighted by molar-refractivity contribution is 5.85. The van der Waals surface area contributed by atoms with Gasteiger partial charge in [-0.3, -0.25) is 0 Å². The molecule has 3 aromatic rings. The first kappa shape index (κ1) is 16.6. The molecule has 2 aromatic heterocycles. The van der Waals surface area contributed by atoms with Gasteiger partial charge in [0, 0.05) is 18.0 Å². The van der Waals surface area contributed by atoms with Crippen molar-refractivity contribution in [3.63, 3.8) is 0 Å². The molecule has 0 atom stereocenters. The lowest BCUT2D eigenvalue weighted by Crippen LogP contribution is -2.17. The summed E-state index contributed by atoms with van der Waals surface area (Å²) in [4.78, 5) is 4.09. The zero-order valence-corrected chi connectivity index (χ0v) is 12.4. The average Bonchev–Trinajstić information content (AvgIpc) is 2.91. The van der Waals surface area contributed by atoms with E-state index in [1.807, 2.05) is 13.8 Å². The number of alkyl halides is 3. The van der Waals surface area contributed by atoms with Crippen molar-refractivity contribution in [3.8, 4) is 5.75 Å². The number of nitrogens with one attached hydrogen (secondary N) is 1. The fourth-order valence-electron chi connectivity index (χ4n) is 1.77. The second-order valence-corrected chi connectivity index (χ2v) is 4.08. The normalized spacial score (nSPS) is 10.8. The molecule has 0 aliphatic rings. The zero-order chi connectivity index (χ0) is 16.9. The highest BCUT2D eigenvalue weighted by Crippen LogP contribution is 2.28. The van der Waals surface area contributed by atoms with Gasteiger partial charge >= 0.3 is 6.36 Å². The summed E-state index contributed by atoms with van der Waals surface area (Å²) in [7, 11) is 0.